The lowest BCUT2D eigenvalue weighted by Gasteiger charge is -2.32. The summed E-state index contributed by atoms with van der Waals surface area (Å²) in [6.07, 6.45) is 5.45. The predicted molar refractivity (Wildman–Crippen MR) is 96.4 cm³/mol. The molecule has 0 amide bonds. The molecule has 4 rings (SSSR count). The van der Waals surface area contributed by atoms with Crippen LogP contribution in [0.25, 0.3) is 0 Å². The first-order valence-corrected chi connectivity index (χ1v) is 9.85. The van der Waals surface area contributed by atoms with Crippen molar-refractivity contribution in [2.45, 2.75) is 37.8 Å². The fourth-order valence-corrected chi connectivity index (χ4v) is 4.54. The monoisotopic (exact) mass is 335 g/mol. The van der Waals surface area contributed by atoms with Crippen LogP contribution in [0.2, 0.25) is 0 Å². The van der Waals surface area contributed by atoms with E-state index in [1.54, 1.807) is 0 Å². The molecule has 0 radical (unpaired) electrons. The molecule has 4 fully saturated rings. The molecule has 0 aromatic heterocycles. The standard InChI is InChI=1S/C18H33N5O/c1-19-18(20-12-15-4-6-22(13-15)16-2-3-16)23-7-5-17(14-23)21-8-10-24-11-9-21/h15-17H,2-14H2,1H3,(H,19,20). The SMILES string of the molecule is CN=C(NCC1CCN(C2CC2)C1)N1CCC(N2CCOCC2)C1. The zero-order valence-electron chi connectivity index (χ0n) is 15.1. The lowest BCUT2D eigenvalue weighted by molar-refractivity contribution is 0.0195. The fourth-order valence-electron chi connectivity index (χ4n) is 4.54. The summed E-state index contributed by atoms with van der Waals surface area (Å²) >= 11 is 0. The molecule has 4 aliphatic rings. The average molecular weight is 335 g/mol. The summed E-state index contributed by atoms with van der Waals surface area (Å²) < 4.78 is 5.48. The molecule has 0 bridgehead atoms. The first-order chi connectivity index (χ1) is 11.8. The van der Waals surface area contributed by atoms with Gasteiger partial charge in [0.15, 0.2) is 5.96 Å². The van der Waals surface area contributed by atoms with E-state index in [0.29, 0.717) is 6.04 Å². The molecule has 1 aliphatic carbocycles. The molecule has 1 N–H and O–H groups in total. The molecule has 136 valence electrons. The van der Waals surface area contributed by atoms with Gasteiger partial charge in [-0.3, -0.25) is 9.89 Å². The third kappa shape index (κ3) is 3.86. The molecule has 3 heterocycles. The molecular formula is C18H33N5O. The van der Waals surface area contributed by atoms with E-state index >= 15 is 0 Å². The summed E-state index contributed by atoms with van der Waals surface area (Å²) in [6.45, 7) is 9.86. The van der Waals surface area contributed by atoms with Gasteiger partial charge >= 0.3 is 0 Å². The Bertz CT molecular complexity index is 447. The van der Waals surface area contributed by atoms with Crippen molar-refractivity contribution in [2.24, 2.45) is 10.9 Å². The molecule has 3 aliphatic heterocycles. The number of nitrogens with zero attached hydrogens (tertiary/aromatic N) is 4. The van der Waals surface area contributed by atoms with Crippen LogP contribution in [0, 0.1) is 5.92 Å². The summed E-state index contributed by atoms with van der Waals surface area (Å²) in [4.78, 5) is 12.3. The number of aliphatic imine (C=N–C) groups is 1. The molecule has 0 aromatic carbocycles. The van der Waals surface area contributed by atoms with Gasteiger partial charge in [0.1, 0.15) is 0 Å². The van der Waals surface area contributed by atoms with Gasteiger partial charge < -0.3 is 19.9 Å². The number of guanidine groups is 1. The first-order valence-electron chi connectivity index (χ1n) is 9.85. The Hall–Kier alpha value is -0.850. The van der Waals surface area contributed by atoms with Gasteiger partial charge in [0.2, 0.25) is 0 Å². The van der Waals surface area contributed by atoms with E-state index in [9.17, 15) is 0 Å². The van der Waals surface area contributed by atoms with Crippen LogP contribution in [-0.4, -0.2) is 98.8 Å². The lowest BCUT2D eigenvalue weighted by Crippen LogP contribution is -2.47. The smallest absolute Gasteiger partial charge is 0.193 e. The molecule has 2 unspecified atom stereocenters. The zero-order chi connectivity index (χ0) is 16.4. The number of morpholine rings is 1. The van der Waals surface area contributed by atoms with E-state index in [2.05, 4.69) is 25.0 Å². The normalized spacial score (nSPS) is 33.4. The van der Waals surface area contributed by atoms with E-state index in [1.165, 1.54) is 38.8 Å². The van der Waals surface area contributed by atoms with Crippen LogP contribution in [0.4, 0.5) is 0 Å². The van der Waals surface area contributed by atoms with Crippen LogP contribution in [0.5, 0.6) is 0 Å². The number of rotatable bonds is 4. The minimum absolute atomic E-state index is 0.671. The van der Waals surface area contributed by atoms with Gasteiger partial charge in [-0.05, 0) is 38.1 Å². The average Bonchev–Trinajstić information content (AvgIpc) is 3.17. The van der Waals surface area contributed by atoms with Gasteiger partial charge in [-0.25, -0.2) is 0 Å². The van der Waals surface area contributed by atoms with E-state index in [1.807, 2.05) is 7.05 Å². The highest BCUT2D eigenvalue weighted by Crippen LogP contribution is 2.31. The summed E-state index contributed by atoms with van der Waals surface area (Å²) in [5, 5.41) is 3.66. The van der Waals surface area contributed by atoms with E-state index < -0.39 is 0 Å². The van der Waals surface area contributed by atoms with Gasteiger partial charge in [0.25, 0.3) is 0 Å². The molecule has 3 saturated heterocycles. The number of likely N-dealkylation sites (tertiary alicyclic amines) is 2. The minimum Gasteiger partial charge on any atom is -0.379 e. The molecular weight excluding hydrogens is 302 g/mol. The van der Waals surface area contributed by atoms with Gasteiger partial charge in [-0.1, -0.05) is 0 Å². The zero-order valence-corrected chi connectivity index (χ0v) is 15.1. The maximum Gasteiger partial charge on any atom is 0.193 e. The van der Waals surface area contributed by atoms with Crippen molar-refractivity contribution in [3.05, 3.63) is 0 Å². The van der Waals surface area contributed by atoms with Crippen LogP contribution in [-0.2, 0) is 4.74 Å². The quantitative estimate of drug-likeness (QED) is 0.597. The second-order valence-corrected chi connectivity index (χ2v) is 7.85. The van der Waals surface area contributed by atoms with Gasteiger partial charge in [0, 0.05) is 58.4 Å². The van der Waals surface area contributed by atoms with Crippen molar-refractivity contribution in [3.8, 4) is 0 Å². The van der Waals surface area contributed by atoms with Crippen molar-refractivity contribution in [1.29, 1.82) is 0 Å². The van der Waals surface area contributed by atoms with Gasteiger partial charge in [0.05, 0.1) is 13.2 Å². The van der Waals surface area contributed by atoms with Crippen LogP contribution in [0.1, 0.15) is 25.7 Å². The summed E-state index contributed by atoms with van der Waals surface area (Å²) in [5.74, 6) is 1.90. The van der Waals surface area contributed by atoms with Crippen LogP contribution in [0.15, 0.2) is 4.99 Å². The predicted octanol–water partition coefficient (Wildman–Crippen LogP) is 0.453. The molecule has 0 spiro atoms. The molecule has 24 heavy (non-hydrogen) atoms. The maximum atomic E-state index is 5.48. The van der Waals surface area contributed by atoms with Gasteiger partial charge in [-0.2, -0.15) is 0 Å². The molecule has 6 nitrogen and oxygen atoms in total. The third-order valence-corrected chi connectivity index (χ3v) is 6.17. The number of ether oxygens (including phenoxy) is 1. The van der Waals surface area contributed by atoms with Crippen LogP contribution < -0.4 is 5.32 Å². The second-order valence-electron chi connectivity index (χ2n) is 7.85. The van der Waals surface area contributed by atoms with Crippen molar-refractivity contribution < 1.29 is 4.74 Å². The summed E-state index contributed by atoms with van der Waals surface area (Å²) in [6, 6.07) is 1.59. The van der Waals surface area contributed by atoms with Crippen molar-refractivity contribution >= 4 is 5.96 Å². The minimum atomic E-state index is 0.671. The fraction of sp³-hybridized carbons (Fsp3) is 0.944. The first kappa shape index (κ1) is 16.6. The Labute approximate surface area is 146 Å². The molecule has 6 heteroatoms. The Balaban J connectivity index is 1.22. The number of hydrogen-bond acceptors (Lipinski definition) is 4. The number of hydrogen-bond donors (Lipinski definition) is 1. The topological polar surface area (TPSA) is 43.3 Å². The molecule has 0 aromatic rings. The third-order valence-electron chi connectivity index (χ3n) is 6.17. The van der Waals surface area contributed by atoms with Gasteiger partial charge in [-0.15, -0.1) is 0 Å². The van der Waals surface area contributed by atoms with E-state index in [-0.39, 0.29) is 0 Å². The lowest BCUT2D eigenvalue weighted by atomic mass is 10.1. The van der Waals surface area contributed by atoms with Crippen molar-refractivity contribution in [2.75, 3.05) is 66.1 Å². The Morgan fingerprint density at radius 2 is 1.79 bits per heavy atom. The van der Waals surface area contributed by atoms with E-state index in [4.69, 9.17) is 4.74 Å². The van der Waals surface area contributed by atoms with Crippen molar-refractivity contribution in [3.63, 3.8) is 0 Å². The van der Waals surface area contributed by atoms with E-state index in [0.717, 1.165) is 63.9 Å². The highest BCUT2D eigenvalue weighted by atomic mass is 16.5. The second kappa shape index (κ2) is 7.58. The highest BCUT2D eigenvalue weighted by molar-refractivity contribution is 5.80. The maximum absolute atomic E-state index is 5.48. The number of nitrogens with one attached hydrogen (secondary N) is 1. The van der Waals surface area contributed by atoms with Crippen LogP contribution >= 0.6 is 0 Å². The Kier molecular flexibility index (Phi) is 5.25. The Morgan fingerprint density at radius 3 is 2.54 bits per heavy atom. The highest BCUT2D eigenvalue weighted by Gasteiger charge is 2.35. The summed E-state index contributed by atoms with van der Waals surface area (Å²) in [5.41, 5.74) is 0. The largest absolute Gasteiger partial charge is 0.379 e. The Morgan fingerprint density at radius 1 is 0.958 bits per heavy atom. The van der Waals surface area contributed by atoms with Crippen molar-refractivity contribution in [1.82, 2.24) is 20.0 Å². The molecule has 2 atom stereocenters. The molecule has 1 saturated carbocycles. The van der Waals surface area contributed by atoms with Crippen LogP contribution in [0.3, 0.4) is 0 Å². The summed E-state index contributed by atoms with van der Waals surface area (Å²) in [7, 11) is 1.93.